The molecule has 34 heavy (non-hydrogen) atoms. The summed E-state index contributed by atoms with van der Waals surface area (Å²) in [4.78, 5) is 15.1. The minimum Gasteiger partial charge on any atom is -0.497 e. The zero-order valence-corrected chi connectivity index (χ0v) is 21.1. The third-order valence-corrected chi connectivity index (χ3v) is 7.33. The number of carbonyl (C=O) groups is 1. The van der Waals surface area contributed by atoms with E-state index in [0.29, 0.717) is 5.75 Å². The molecule has 1 aromatic heterocycles. The maximum Gasteiger partial charge on any atom is 0.230 e. The van der Waals surface area contributed by atoms with Crippen LogP contribution in [0.15, 0.2) is 23.4 Å². The molecule has 186 valence electrons. The molecule has 1 amide bonds. The summed E-state index contributed by atoms with van der Waals surface area (Å²) in [6.45, 7) is 5.46. The second-order valence-corrected chi connectivity index (χ2v) is 9.70. The number of nitrogens with one attached hydrogen (secondary N) is 1. The SMILES string of the molecule is COc1ccc(OC)c([C@@H](C)NC(=O)CSc2nnc(N3CCCCC3)n2C[C@H]2CCCO2)c1. The van der Waals surface area contributed by atoms with Gasteiger partial charge in [-0.1, -0.05) is 11.8 Å². The first-order chi connectivity index (χ1) is 16.6. The molecule has 0 bridgehead atoms. The average Bonchev–Trinajstić information content (AvgIpc) is 3.53. The fraction of sp³-hybridized carbons (Fsp3) is 0.625. The largest absolute Gasteiger partial charge is 0.497 e. The van der Waals surface area contributed by atoms with Gasteiger partial charge in [-0.3, -0.25) is 9.36 Å². The molecule has 0 unspecified atom stereocenters. The van der Waals surface area contributed by atoms with Crippen LogP contribution in [-0.4, -0.2) is 66.4 Å². The number of methoxy groups -OCH3 is 2. The second kappa shape index (κ2) is 11.8. The van der Waals surface area contributed by atoms with Crippen molar-refractivity contribution in [3.63, 3.8) is 0 Å². The lowest BCUT2D eigenvalue weighted by atomic mass is 10.1. The maximum atomic E-state index is 12.8. The normalized spacial score (nSPS) is 19.1. The zero-order valence-electron chi connectivity index (χ0n) is 20.3. The van der Waals surface area contributed by atoms with Crippen molar-refractivity contribution in [3.05, 3.63) is 23.8 Å². The van der Waals surface area contributed by atoms with E-state index in [9.17, 15) is 4.79 Å². The van der Waals surface area contributed by atoms with Crippen molar-refractivity contribution in [2.45, 2.75) is 62.9 Å². The molecule has 0 saturated carbocycles. The number of nitrogens with zero attached hydrogens (tertiary/aromatic N) is 4. The molecular formula is C24H35N5O4S. The molecule has 0 spiro atoms. The Hall–Kier alpha value is -2.46. The molecular weight excluding hydrogens is 454 g/mol. The van der Waals surface area contributed by atoms with E-state index in [4.69, 9.17) is 14.2 Å². The Labute approximate surface area is 205 Å². The number of thioether (sulfide) groups is 1. The van der Waals surface area contributed by atoms with Crippen LogP contribution in [-0.2, 0) is 16.1 Å². The minimum absolute atomic E-state index is 0.0754. The molecule has 4 rings (SSSR count). The quantitative estimate of drug-likeness (QED) is 0.508. The molecule has 9 nitrogen and oxygen atoms in total. The highest BCUT2D eigenvalue weighted by atomic mass is 32.2. The monoisotopic (exact) mass is 489 g/mol. The van der Waals surface area contributed by atoms with Gasteiger partial charge in [0.15, 0.2) is 5.16 Å². The predicted molar refractivity (Wildman–Crippen MR) is 132 cm³/mol. The number of hydrogen-bond donors (Lipinski definition) is 1. The third kappa shape index (κ3) is 5.96. The maximum absolute atomic E-state index is 12.8. The van der Waals surface area contributed by atoms with Gasteiger partial charge in [-0.25, -0.2) is 0 Å². The van der Waals surface area contributed by atoms with Gasteiger partial charge in [0.2, 0.25) is 11.9 Å². The Morgan fingerprint density at radius 1 is 1.21 bits per heavy atom. The molecule has 1 N–H and O–H groups in total. The van der Waals surface area contributed by atoms with Crippen LogP contribution >= 0.6 is 11.8 Å². The van der Waals surface area contributed by atoms with Crippen molar-refractivity contribution in [1.82, 2.24) is 20.1 Å². The average molecular weight is 490 g/mol. The lowest BCUT2D eigenvalue weighted by Crippen LogP contribution is -2.33. The molecule has 1 aromatic carbocycles. The fourth-order valence-corrected chi connectivity index (χ4v) is 5.29. The van der Waals surface area contributed by atoms with Gasteiger partial charge in [0.25, 0.3) is 0 Å². The molecule has 3 heterocycles. The first kappa shape index (κ1) is 24.7. The number of hydrogen-bond acceptors (Lipinski definition) is 8. The van der Waals surface area contributed by atoms with Gasteiger partial charge in [-0.05, 0) is 57.2 Å². The van der Waals surface area contributed by atoms with E-state index < -0.39 is 0 Å². The topological polar surface area (TPSA) is 90.7 Å². The summed E-state index contributed by atoms with van der Waals surface area (Å²) in [6.07, 6.45) is 5.90. The summed E-state index contributed by atoms with van der Waals surface area (Å²) in [6, 6.07) is 5.35. The van der Waals surface area contributed by atoms with Crippen LogP contribution in [0.1, 0.15) is 50.6 Å². The number of amides is 1. The van der Waals surface area contributed by atoms with E-state index in [1.54, 1.807) is 14.2 Å². The van der Waals surface area contributed by atoms with Crippen molar-refractivity contribution in [2.75, 3.05) is 44.6 Å². The lowest BCUT2D eigenvalue weighted by molar-refractivity contribution is -0.119. The Morgan fingerprint density at radius 3 is 2.74 bits per heavy atom. The van der Waals surface area contributed by atoms with Crippen LogP contribution in [0.4, 0.5) is 5.95 Å². The van der Waals surface area contributed by atoms with E-state index in [0.717, 1.165) is 61.5 Å². The second-order valence-electron chi connectivity index (χ2n) is 8.76. The van der Waals surface area contributed by atoms with Crippen LogP contribution < -0.4 is 19.7 Å². The number of benzene rings is 1. The highest BCUT2D eigenvalue weighted by Crippen LogP contribution is 2.30. The Morgan fingerprint density at radius 2 is 2.03 bits per heavy atom. The number of anilines is 1. The van der Waals surface area contributed by atoms with E-state index in [1.807, 2.05) is 25.1 Å². The molecule has 2 aromatic rings. The minimum atomic E-state index is -0.230. The fourth-order valence-electron chi connectivity index (χ4n) is 4.54. The van der Waals surface area contributed by atoms with Crippen LogP contribution in [0, 0.1) is 0 Å². The molecule has 2 aliphatic heterocycles. The number of aromatic nitrogens is 3. The van der Waals surface area contributed by atoms with E-state index in [-0.39, 0.29) is 23.8 Å². The molecule has 0 radical (unpaired) electrons. The van der Waals surface area contributed by atoms with Crippen molar-refractivity contribution in [1.29, 1.82) is 0 Å². The van der Waals surface area contributed by atoms with E-state index in [2.05, 4.69) is 25.0 Å². The van der Waals surface area contributed by atoms with E-state index in [1.165, 1.54) is 31.0 Å². The summed E-state index contributed by atoms with van der Waals surface area (Å²) in [5, 5.41) is 12.8. The van der Waals surface area contributed by atoms with Crippen molar-refractivity contribution in [2.24, 2.45) is 0 Å². The van der Waals surface area contributed by atoms with Gasteiger partial charge >= 0.3 is 0 Å². The first-order valence-corrected chi connectivity index (χ1v) is 13.0. The van der Waals surface area contributed by atoms with Crippen molar-refractivity contribution < 1.29 is 19.0 Å². The van der Waals surface area contributed by atoms with Gasteiger partial charge in [0.05, 0.1) is 38.7 Å². The molecule has 2 saturated heterocycles. The summed E-state index contributed by atoms with van der Waals surface area (Å²) in [7, 11) is 3.24. The Bertz CT molecular complexity index is 957. The van der Waals surface area contributed by atoms with Gasteiger partial charge in [-0.15, -0.1) is 10.2 Å². The van der Waals surface area contributed by atoms with Crippen LogP contribution in [0.2, 0.25) is 0 Å². The van der Waals surface area contributed by atoms with Gasteiger partial charge < -0.3 is 24.4 Å². The summed E-state index contributed by atoms with van der Waals surface area (Å²) < 4.78 is 18.8. The summed E-state index contributed by atoms with van der Waals surface area (Å²) >= 11 is 1.42. The van der Waals surface area contributed by atoms with Crippen LogP contribution in [0.5, 0.6) is 11.5 Å². The zero-order chi connectivity index (χ0) is 23.9. The smallest absolute Gasteiger partial charge is 0.230 e. The first-order valence-electron chi connectivity index (χ1n) is 12.0. The van der Waals surface area contributed by atoms with E-state index >= 15 is 0 Å². The highest BCUT2D eigenvalue weighted by molar-refractivity contribution is 7.99. The standard InChI is InChI=1S/C24H35N5O4S/c1-17(20-14-18(31-2)9-10-21(20)32-3)25-22(30)16-34-24-27-26-23(28-11-5-4-6-12-28)29(24)15-19-8-7-13-33-19/h9-10,14,17,19H,4-8,11-13,15-16H2,1-3H3,(H,25,30)/t17-,19-/m1/s1. The molecule has 10 heteroatoms. The van der Waals surface area contributed by atoms with Crippen molar-refractivity contribution >= 4 is 23.6 Å². The van der Waals surface area contributed by atoms with Gasteiger partial charge in [0.1, 0.15) is 11.5 Å². The summed E-state index contributed by atoms with van der Waals surface area (Å²) in [5.41, 5.74) is 0.870. The predicted octanol–water partition coefficient (Wildman–Crippen LogP) is 3.43. The van der Waals surface area contributed by atoms with Crippen LogP contribution in [0.25, 0.3) is 0 Å². The third-order valence-electron chi connectivity index (χ3n) is 6.36. The van der Waals surface area contributed by atoms with Crippen molar-refractivity contribution in [3.8, 4) is 11.5 Å². The number of rotatable bonds is 10. The molecule has 0 aliphatic carbocycles. The Balaban J connectivity index is 1.42. The molecule has 2 atom stereocenters. The lowest BCUT2D eigenvalue weighted by Gasteiger charge is -2.28. The number of piperidine rings is 1. The number of carbonyl (C=O) groups excluding carboxylic acids is 1. The molecule has 2 fully saturated rings. The summed E-state index contributed by atoms with van der Waals surface area (Å²) in [5.74, 6) is 2.50. The molecule has 2 aliphatic rings. The Kier molecular flexibility index (Phi) is 8.55. The highest BCUT2D eigenvalue weighted by Gasteiger charge is 2.25. The van der Waals surface area contributed by atoms with Crippen LogP contribution in [0.3, 0.4) is 0 Å². The van der Waals surface area contributed by atoms with Gasteiger partial charge in [0, 0.05) is 25.3 Å². The number of ether oxygens (including phenoxy) is 3. The van der Waals surface area contributed by atoms with Gasteiger partial charge in [-0.2, -0.15) is 0 Å².